The Bertz CT molecular complexity index is 385. The maximum Gasteiger partial charge on any atom is 0.147 e. The summed E-state index contributed by atoms with van der Waals surface area (Å²) in [6.45, 7) is 19.6. The molecule has 1 rings (SSSR count). The lowest BCUT2D eigenvalue weighted by Crippen LogP contribution is -2.65. The minimum Gasteiger partial charge on any atom is -0.424 e. The Morgan fingerprint density at radius 1 is 0.833 bits per heavy atom. The van der Waals surface area contributed by atoms with Gasteiger partial charge in [-0.15, -0.1) is 0 Å². The summed E-state index contributed by atoms with van der Waals surface area (Å²) in [7, 11) is -2.89. The van der Waals surface area contributed by atoms with E-state index in [0.717, 1.165) is 0 Å². The van der Waals surface area contributed by atoms with Gasteiger partial charge in [0.2, 0.25) is 0 Å². The van der Waals surface area contributed by atoms with Crippen molar-refractivity contribution in [1.82, 2.24) is 0 Å². The monoisotopic (exact) mass is 279 g/mol. The highest BCUT2D eigenvalue weighted by Gasteiger charge is 2.45. The first kappa shape index (κ1) is 15.5. The molecule has 0 N–H and O–H groups in total. The van der Waals surface area contributed by atoms with Gasteiger partial charge < -0.3 is 4.23 Å². The summed E-state index contributed by atoms with van der Waals surface area (Å²) in [5.41, 5.74) is 1.42. The first-order valence-corrected chi connectivity index (χ1v) is 13.2. The van der Waals surface area contributed by atoms with Gasteiger partial charge in [0.05, 0.1) is 0 Å². The molecular formula is C15H29NSi2. The van der Waals surface area contributed by atoms with Crippen LogP contribution in [0, 0.1) is 0 Å². The molecule has 102 valence electrons. The molecule has 0 fully saturated rings. The molecule has 1 aromatic rings. The van der Waals surface area contributed by atoms with Gasteiger partial charge >= 0.3 is 0 Å². The van der Waals surface area contributed by atoms with Crippen LogP contribution in [0.15, 0.2) is 30.3 Å². The van der Waals surface area contributed by atoms with E-state index in [2.05, 4.69) is 88.1 Å². The fourth-order valence-corrected chi connectivity index (χ4v) is 12.6. The molecule has 0 heterocycles. The van der Waals surface area contributed by atoms with E-state index in [1.807, 2.05) is 0 Å². The molecule has 0 bridgehead atoms. The van der Waals surface area contributed by atoms with Crippen LogP contribution in [0.25, 0.3) is 0 Å². The summed E-state index contributed by atoms with van der Waals surface area (Å²) < 4.78 is 2.82. The van der Waals surface area contributed by atoms with E-state index in [1.165, 1.54) is 5.69 Å². The number of hydrogen-bond donors (Lipinski definition) is 0. The summed E-state index contributed by atoms with van der Waals surface area (Å²) in [5, 5.41) is 0.378. The second-order valence-corrected chi connectivity index (χ2v) is 18.0. The maximum absolute atomic E-state index is 2.82. The minimum atomic E-state index is -1.52. The zero-order chi connectivity index (χ0) is 14.2. The molecule has 0 saturated heterocycles. The van der Waals surface area contributed by atoms with Gasteiger partial charge in [0.25, 0.3) is 0 Å². The van der Waals surface area contributed by atoms with Crippen molar-refractivity contribution >= 4 is 22.2 Å². The van der Waals surface area contributed by atoms with Crippen LogP contribution in [-0.2, 0) is 0 Å². The molecular weight excluding hydrogens is 250 g/mol. The molecule has 1 aromatic carbocycles. The molecule has 0 aliphatic heterocycles. The number of benzene rings is 1. The molecule has 0 saturated carbocycles. The predicted octanol–water partition coefficient (Wildman–Crippen LogP) is 5.33. The summed E-state index contributed by atoms with van der Waals surface area (Å²) in [5.74, 6) is 0. The Labute approximate surface area is 115 Å². The van der Waals surface area contributed by atoms with Crippen LogP contribution in [-0.4, -0.2) is 16.5 Å². The third-order valence-electron chi connectivity index (χ3n) is 4.08. The molecule has 0 aliphatic rings. The number of para-hydroxylation sites is 1. The third kappa shape index (κ3) is 3.07. The van der Waals surface area contributed by atoms with Gasteiger partial charge in [0, 0.05) is 5.69 Å². The maximum atomic E-state index is 2.82. The summed E-state index contributed by atoms with van der Waals surface area (Å²) >= 11 is 0. The lowest BCUT2D eigenvalue weighted by molar-refractivity contribution is 0.717. The lowest BCUT2D eigenvalue weighted by Gasteiger charge is -2.53. The normalized spacial score (nSPS) is 13.6. The molecule has 0 unspecified atom stereocenters. The second kappa shape index (κ2) is 4.85. The average molecular weight is 280 g/mol. The molecule has 3 heteroatoms. The lowest BCUT2D eigenvalue weighted by atomic mass is 10.2. The predicted molar refractivity (Wildman–Crippen MR) is 89.5 cm³/mol. The SMILES string of the molecule is CC(C)(C)[Si](C)(C)N(c1ccccc1)[Si](C)(C)C. The zero-order valence-corrected chi connectivity index (χ0v) is 15.3. The van der Waals surface area contributed by atoms with Gasteiger partial charge in [-0.2, -0.15) is 0 Å². The first-order chi connectivity index (χ1) is 7.98. The Kier molecular flexibility index (Phi) is 4.18. The molecule has 0 spiro atoms. The standard InChI is InChI=1S/C15H29NSi2/c1-15(2,3)18(7,8)16(17(4,5)6)14-12-10-9-11-13-14/h9-13H,1-8H3. The van der Waals surface area contributed by atoms with E-state index in [-0.39, 0.29) is 0 Å². The summed E-state index contributed by atoms with van der Waals surface area (Å²) in [6.07, 6.45) is 0. The van der Waals surface area contributed by atoms with Crippen molar-refractivity contribution in [3.8, 4) is 0 Å². The number of anilines is 1. The second-order valence-electron chi connectivity index (χ2n) is 7.65. The summed E-state index contributed by atoms with van der Waals surface area (Å²) in [6, 6.07) is 11.0. The summed E-state index contributed by atoms with van der Waals surface area (Å²) in [4.78, 5) is 0. The van der Waals surface area contributed by atoms with Crippen molar-refractivity contribution in [3.63, 3.8) is 0 Å². The van der Waals surface area contributed by atoms with Crippen molar-refractivity contribution < 1.29 is 0 Å². The van der Waals surface area contributed by atoms with Crippen molar-refractivity contribution in [2.24, 2.45) is 0 Å². The molecule has 0 radical (unpaired) electrons. The van der Waals surface area contributed by atoms with Crippen LogP contribution in [0.5, 0.6) is 0 Å². The van der Waals surface area contributed by atoms with Crippen molar-refractivity contribution in [2.75, 3.05) is 4.23 Å². The molecule has 18 heavy (non-hydrogen) atoms. The van der Waals surface area contributed by atoms with Crippen molar-refractivity contribution in [2.45, 2.75) is 58.5 Å². The van der Waals surface area contributed by atoms with Gasteiger partial charge in [-0.05, 0) is 17.2 Å². The van der Waals surface area contributed by atoms with Gasteiger partial charge in [-0.25, -0.2) is 0 Å². The van der Waals surface area contributed by atoms with Crippen molar-refractivity contribution in [1.29, 1.82) is 0 Å². The smallest absolute Gasteiger partial charge is 0.147 e. The Morgan fingerprint density at radius 2 is 1.28 bits per heavy atom. The quantitative estimate of drug-likeness (QED) is 0.676. The zero-order valence-electron chi connectivity index (χ0n) is 13.3. The topological polar surface area (TPSA) is 3.24 Å². The molecule has 1 nitrogen and oxygen atoms in total. The first-order valence-electron chi connectivity index (χ1n) is 6.83. The van der Waals surface area contributed by atoms with E-state index in [4.69, 9.17) is 0 Å². The van der Waals surface area contributed by atoms with Crippen LogP contribution in [0.4, 0.5) is 5.69 Å². The Balaban J connectivity index is 3.33. The largest absolute Gasteiger partial charge is 0.424 e. The highest BCUT2D eigenvalue weighted by molar-refractivity contribution is 7.00. The number of hydrogen-bond acceptors (Lipinski definition) is 1. The van der Waals surface area contributed by atoms with Gasteiger partial charge in [-0.3, -0.25) is 0 Å². The fraction of sp³-hybridized carbons (Fsp3) is 0.600. The van der Waals surface area contributed by atoms with Crippen LogP contribution < -0.4 is 4.23 Å². The average Bonchev–Trinajstić information content (AvgIpc) is 2.14. The molecule has 0 atom stereocenters. The van der Waals surface area contributed by atoms with E-state index < -0.39 is 16.5 Å². The van der Waals surface area contributed by atoms with E-state index in [9.17, 15) is 0 Å². The number of nitrogens with zero attached hydrogens (tertiary/aromatic N) is 1. The van der Waals surface area contributed by atoms with E-state index in [0.29, 0.717) is 5.04 Å². The van der Waals surface area contributed by atoms with E-state index in [1.54, 1.807) is 0 Å². The molecule has 0 aromatic heterocycles. The molecule has 0 amide bonds. The van der Waals surface area contributed by atoms with Gasteiger partial charge in [0.1, 0.15) is 16.5 Å². The highest BCUT2D eigenvalue weighted by atomic mass is 28.4. The Morgan fingerprint density at radius 3 is 1.61 bits per heavy atom. The fourth-order valence-electron chi connectivity index (χ4n) is 2.46. The van der Waals surface area contributed by atoms with Crippen LogP contribution >= 0.6 is 0 Å². The van der Waals surface area contributed by atoms with Gasteiger partial charge in [0.15, 0.2) is 0 Å². The Hall–Kier alpha value is -0.546. The van der Waals surface area contributed by atoms with Crippen LogP contribution in [0.1, 0.15) is 20.8 Å². The van der Waals surface area contributed by atoms with Crippen LogP contribution in [0.2, 0.25) is 37.8 Å². The molecule has 0 aliphatic carbocycles. The van der Waals surface area contributed by atoms with Crippen LogP contribution in [0.3, 0.4) is 0 Å². The highest BCUT2D eigenvalue weighted by Crippen LogP contribution is 2.42. The van der Waals surface area contributed by atoms with Crippen molar-refractivity contribution in [3.05, 3.63) is 30.3 Å². The number of rotatable bonds is 3. The minimum absolute atomic E-state index is 0.378. The van der Waals surface area contributed by atoms with E-state index >= 15 is 0 Å². The third-order valence-corrected chi connectivity index (χ3v) is 14.4. The van der Waals surface area contributed by atoms with Gasteiger partial charge in [-0.1, -0.05) is 71.7 Å².